The molecule has 6 heteroatoms. The van der Waals surface area contributed by atoms with E-state index >= 15 is 0 Å². The highest BCUT2D eigenvalue weighted by Gasteiger charge is 2.31. The third-order valence-corrected chi connectivity index (χ3v) is 3.46. The van der Waals surface area contributed by atoms with E-state index in [2.05, 4.69) is 21.8 Å². The number of rotatable bonds is 3. The summed E-state index contributed by atoms with van der Waals surface area (Å²) in [6, 6.07) is 0.125. The Balaban J connectivity index is 2.20. The van der Waals surface area contributed by atoms with Crippen LogP contribution in [0.2, 0.25) is 0 Å². The Morgan fingerprint density at radius 2 is 2.35 bits per heavy atom. The van der Waals surface area contributed by atoms with Crippen LogP contribution < -0.4 is 10.6 Å². The summed E-state index contributed by atoms with van der Waals surface area (Å²) in [4.78, 5) is 10.8. The van der Waals surface area contributed by atoms with Gasteiger partial charge in [-0.1, -0.05) is 19.1 Å². The van der Waals surface area contributed by atoms with Crippen molar-refractivity contribution in [3.05, 3.63) is 18.1 Å². The highest BCUT2D eigenvalue weighted by molar-refractivity contribution is 7.80. The van der Waals surface area contributed by atoms with Gasteiger partial charge >= 0.3 is 0 Å². The van der Waals surface area contributed by atoms with Gasteiger partial charge in [-0.2, -0.15) is 0 Å². The first-order valence-corrected chi connectivity index (χ1v) is 6.03. The van der Waals surface area contributed by atoms with Crippen LogP contribution in [-0.2, 0) is 0 Å². The van der Waals surface area contributed by atoms with Gasteiger partial charge in [0.1, 0.15) is 16.5 Å². The SMILES string of the molecule is CC1CCN(c2cnc(C(N)=S)cn2)C1CO. The lowest BCUT2D eigenvalue weighted by Gasteiger charge is -2.25. The molecular weight excluding hydrogens is 236 g/mol. The first-order valence-electron chi connectivity index (χ1n) is 5.63. The number of hydrogen-bond donors (Lipinski definition) is 2. The molecule has 0 radical (unpaired) electrons. The minimum atomic E-state index is 0.125. The molecule has 2 unspecified atom stereocenters. The van der Waals surface area contributed by atoms with Crippen LogP contribution in [0, 0.1) is 5.92 Å². The number of nitrogens with zero attached hydrogens (tertiary/aromatic N) is 3. The molecule has 2 heterocycles. The minimum absolute atomic E-state index is 0.125. The lowest BCUT2D eigenvalue weighted by Crippen LogP contribution is -2.35. The van der Waals surface area contributed by atoms with Gasteiger partial charge in [0.2, 0.25) is 0 Å². The Hall–Kier alpha value is -1.27. The molecule has 1 aliphatic heterocycles. The van der Waals surface area contributed by atoms with Crippen molar-refractivity contribution in [2.24, 2.45) is 11.7 Å². The largest absolute Gasteiger partial charge is 0.394 e. The second-order valence-electron chi connectivity index (χ2n) is 4.33. The normalized spacial score (nSPS) is 24.0. The van der Waals surface area contributed by atoms with Crippen molar-refractivity contribution in [3.8, 4) is 0 Å². The van der Waals surface area contributed by atoms with Crippen LogP contribution >= 0.6 is 12.2 Å². The van der Waals surface area contributed by atoms with E-state index in [1.54, 1.807) is 12.4 Å². The van der Waals surface area contributed by atoms with Crippen LogP contribution in [0.25, 0.3) is 0 Å². The van der Waals surface area contributed by atoms with Gasteiger partial charge in [-0.15, -0.1) is 0 Å². The summed E-state index contributed by atoms with van der Waals surface area (Å²) in [7, 11) is 0. The lowest BCUT2D eigenvalue weighted by atomic mass is 10.0. The van der Waals surface area contributed by atoms with Crippen molar-refractivity contribution in [2.45, 2.75) is 19.4 Å². The second-order valence-corrected chi connectivity index (χ2v) is 4.77. The third kappa shape index (κ3) is 2.37. The quantitative estimate of drug-likeness (QED) is 0.755. The van der Waals surface area contributed by atoms with E-state index < -0.39 is 0 Å². The van der Waals surface area contributed by atoms with Crippen LogP contribution in [0.15, 0.2) is 12.4 Å². The first-order chi connectivity index (χ1) is 8.13. The molecule has 5 nitrogen and oxygen atoms in total. The van der Waals surface area contributed by atoms with E-state index in [0.717, 1.165) is 18.8 Å². The molecule has 0 amide bonds. The average Bonchev–Trinajstić information content (AvgIpc) is 2.70. The van der Waals surface area contributed by atoms with Crippen molar-refractivity contribution in [2.75, 3.05) is 18.1 Å². The fourth-order valence-corrected chi connectivity index (χ4v) is 2.27. The maximum Gasteiger partial charge on any atom is 0.147 e. The Morgan fingerprint density at radius 1 is 1.59 bits per heavy atom. The van der Waals surface area contributed by atoms with Crippen molar-refractivity contribution < 1.29 is 5.11 Å². The zero-order valence-corrected chi connectivity index (χ0v) is 10.5. The van der Waals surface area contributed by atoms with E-state index in [0.29, 0.717) is 11.6 Å². The number of hydrogen-bond acceptors (Lipinski definition) is 5. The van der Waals surface area contributed by atoms with Crippen molar-refractivity contribution >= 4 is 23.0 Å². The number of aliphatic hydroxyl groups is 1. The maximum atomic E-state index is 9.38. The van der Waals surface area contributed by atoms with Gasteiger partial charge in [-0.3, -0.25) is 0 Å². The molecule has 2 rings (SSSR count). The molecule has 0 aromatic carbocycles. The molecule has 0 aliphatic carbocycles. The minimum Gasteiger partial charge on any atom is -0.394 e. The molecule has 1 aromatic rings. The number of thiocarbonyl (C=S) groups is 1. The van der Waals surface area contributed by atoms with Gasteiger partial charge in [0.05, 0.1) is 25.0 Å². The molecule has 1 aliphatic rings. The third-order valence-electron chi connectivity index (χ3n) is 3.25. The Labute approximate surface area is 106 Å². The Kier molecular flexibility index (Phi) is 3.54. The van der Waals surface area contributed by atoms with E-state index in [-0.39, 0.29) is 17.6 Å². The van der Waals surface area contributed by atoms with E-state index in [1.807, 2.05) is 0 Å². The summed E-state index contributed by atoms with van der Waals surface area (Å²) in [6.07, 6.45) is 4.30. The molecule has 0 saturated carbocycles. The van der Waals surface area contributed by atoms with Gasteiger partial charge in [0, 0.05) is 6.54 Å². The number of aromatic nitrogens is 2. The predicted molar refractivity (Wildman–Crippen MR) is 69.9 cm³/mol. The smallest absolute Gasteiger partial charge is 0.147 e. The topological polar surface area (TPSA) is 75.3 Å². The standard InChI is InChI=1S/C11H16N4OS/c1-7-2-3-15(9(7)6-16)10-5-13-8(4-14-10)11(12)17/h4-5,7,9,16H,2-3,6H2,1H3,(H2,12,17). The maximum absolute atomic E-state index is 9.38. The molecule has 1 aromatic heterocycles. The second kappa shape index (κ2) is 4.93. The molecule has 1 fully saturated rings. The van der Waals surface area contributed by atoms with Gasteiger partial charge in [-0.05, 0) is 12.3 Å². The Morgan fingerprint density at radius 3 is 2.88 bits per heavy atom. The fraction of sp³-hybridized carbons (Fsp3) is 0.545. The molecule has 92 valence electrons. The number of anilines is 1. The zero-order valence-electron chi connectivity index (χ0n) is 9.71. The van der Waals surface area contributed by atoms with E-state index in [1.165, 1.54) is 0 Å². The highest BCUT2D eigenvalue weighted by atomic mass is 32.1. The van der Waals surface area contributed by atoms with E-state index in [9.17, 15) is 5.11 Å². The molecule has 2 atom stereocenters. The summed E-state index contributed by atoms with van der Waals surface area (Å²) in [5.41, 5.74) is 5.99. The van der Waals surface area contributed by atoms with Gasteiger partial charge < -0.3 is 15.7 Å². The molecule has 1 saturated heterocycles. The van der Waals surface area contributed by atoms with Crippen LogP contribution in [0.1, 0.15) is 19.0 Å². The van der Waals surface area contributed by atoms with Gasteiger partial charge in [0.25, 0.3) is 0 Å². The molecule has 17 heavy (non-hydrogen) atoms. The summed E-state index contributed by atoms with van der Waals surface area (Å²) in [5, 5.41) is 9.38. The van der Waals surface area contributed by atoms with Crippen LogP contribution in [0.3, 0.4) is 0 Å². The monoisotopic (exact) mass is 252 g/mol. The fourth-order valence-electron chi connectivity index (χ4n) is 2.17. The summed E-state index contributed by atoms with van der Waals surface area (Å²) < 4.78 is 0. The van der Waals surface area contributed by atoms with Crippen LogP contribution in [0.4, 0.5) is 5.82 Å². The van der Waals surface area contributed by atoms with Crippen LogP contribution in [-0.4, -0.2) is 39.3 Å². The first kappa shape index (κ1) is 12.2. The lowest BCUT2D eigenvalue weighted by molar-refractivity contribution is 0.244. The predicted octanol–water partition coefficient (Wildman–Crippen LogP) is 0.318. The number of aliphatic hydroxyl groups excluding tert-OH is 1. The molecular formula is C11H16N4OS. The number of nitrogens with two attached hydrogens (primary N) is 1. The molecule has 0 bridgehead atoms. The molecule has 0 spiro atoms. The van der Waals surface area contributed by atoms with Crippen molar-refractivity contribution in [1.29, 1.82) is 0 Å². The zero-order chi connectivity index (χ0) is 12.4. The van der Waals surface area contributed by atoms with Gasteiger partial charge in [-0.25, -0.2) is 9.97 Å². The molecule has 3 N–H and O–H groups in total. The summed E-state index contributed by atoms with van der Waals surface area (Å²) in [5.74, 6) is 1.24. The van der Waals surface area contributed by atoms with Gasteiger partial charge in [0.15, 0.2) is 0 Å². The van der Waals surface area contributed by atoms with Crippen molar-refractivity contribution in [3.63, 3.8) is 0 Å². The average molecular weight is 252 g/mol. The van der Waals surface area contributed by atoms with E-state index in [4.69, 9.17) is 18.0 Å². The van der Waals surface area contributed by atoms with Crippen LogP contribution in [0.5, 0.6) is 0 Å². The highest BCUT2D eigenvalue weighted by Crippen LogP contribution is 2.27. The summed E-state index contributed by atoms with van der Waals surface area (Å²) >= 11 is 4.83. The Bertz CT molecular complexity index is 408. The summed E-state index contributed by atoms with van der Waals surface area (Å²) in [6.45, 7) is 3.17. The van der Waals surface area contributed by atoms with Crippen molar-refractivity contribution in [1.82, 2.24) is 9.97 Å².